The Labute approximate surface area is 146 Å². The Balaban J connectivity index is 1.83. The minimum atomic E-state index is 0.988. The van der Waals surface area contributed by atoms with Crippen molar-refractivity contribution in [2.24, 2.45) is 0 Å². The molecule has 0 N–H and O–H groups in total. The van der Waals surface area contributed by atoms with Gasteiger partial charge in [0, 0.05) is 25.5 Å². The van der Waals surface area contributed by atoms with Gasteiger partial charge in [-0.15, -0.1) is 0 Å². The second-order valence-electron chi connectivity index (χ2n) is 7.40. The fraction of sp³-hybridized carbons (Fsp3) is 0.455. The molecule has 0 atom stereocenters. The fourth-order valence-electron chi connectivity index (χ4n) is 3.93. The first-order valence-electron chi connectivity index (χ1n) is 8.99. The predicted octanol–water partition coefficient (Wildman–Crippen LogP) is 5.09. The smallest absolute Gasteiger partial charge is 0.0747 e. The summed E-state index contributed by atoms with van der Waals surface area (Å²) in [6.45, 7) is 16.7. The number of aryl methyl sites for hydroxylation is 1. The number of benzene rings is 1. The molecule has 0 aliphatic carbocycles. The van der Waals surface area contributed by atoms with Crippen LogP contribution in [0.3, 0.4) is 0 Å². The Hall–Kier alpha value is -1.80. The Morgan fingerprint density at radius 3 is 2.00 bits per heavy atom. The van der Waals surface area contributed by atoms with Crippen LogP contribution in [0, 0.1) is 41.5 Å². The molecule has 2 heterocycles. The van der Waals surface area contributed by atoms with Crippen LogP contribution in [0.5, 0.6) is 0 Å². The largest absolute Gasteiger partial charge is 0.341 e. The lowest BCUT2D eigenvalue weighted by molar-refractivity contribution is 0.241. The maximum Gasteiger partial charge on any atom is 0.0747 e. The van der Waals surface area contributed by atoms with Crippen molar-refractivity contribution in [2.75, 3.05) is 13.1 Å². The molecule has 2 nitrogen and oxygen atoms in total. The van der Waals surface area contributed by atoms with E-state index in [-0.39, 0.29) is 0 Å². The summed E-state index contributed by atoms with van der Waals surface area (Å²) >= 11 is 0. The van der Waals surface area contributed by atoms with Crippen molar-refractivity contribution in [2.45, 2.75) is 54.6 Å². The highest BCUT2D eigenvalue weighted by Crippen LogP contribution is 2.33. The number of hydrogen-bond donors (Lipinski definition) is 0. The molecular formula is C22H30N2. The van der Waals surface area contributed by atoms with Crippen molar-refractivity contribution in [1.29, 1.82) is 0 Å². The number of nitrogens with zero attached hydrogens (tertiary/aromatic N) is 2. The third-order valence-corrected chi connectivity index (χ3v) is 5.88. The Morgan fingerprint density at radius 1 is 0.875 bits per heavy atom. The number of hydrogen-bond acceptors (Lipinski definition) is 1. The second-order valence-corrected chi connectivity index (χ2v) is 7.40. The molecule has 1 aromatic carbocycles. The van der Waals surface area contributed by atoms with E-state index in [2.05, 4.69) is 75.5 Å². The van der Waals surface area contributed by atoms with Crippen LogP contribution in [0.4, 0.5) is 0 Å². The van der Waals surface area contributed by atoms with Gasteiger partial charge in [0.2, 0.25) is 0 Å². The van der Waals surface area contributed by atoms with Crippen LogP contribution < -0.4 is 0 Å². The van der Waals surface area contributed by atoms with Gasteiger partial charge in [-0.2, -0.15) is 0 Å². The standard InChI is InChI=1S/C22H30N2/c1-15-7-10-24(13-15)14-23-11-8-21(9-12-23)22-19(5)17(3)16(2)18(4)20(22)6/h7-8,10,13H,9,11-12,14H2,1-6H3. The molecule has 2 heteroatoms. The molecule has 0 saturated carbocycles. The molecule has 0 bridgehead atoms. The molecule has 0 saturated heterocycles. The molecule has 0 unspecified atom stereocenters. The van der Waals surface area contributed by atoms with E-state index in [4.69, 9.17) is 0 Å². The summed E-state index contributed by atoms with van der Waals surface area (Å²) in [7, 11) is 0. The summed E-state index contributed by atoms with van der Waals surface area (Å²) in [6, 6.07) is 2.18. The summed E-state index contributed by atoms with van der Waals surface area (Å²) in [5, 5.41) is 0. The van der Waals surface area contributed by atoms with Crippen LogP contribution in [0.1, 0.15) is 45.4 Å². The van der Waals surface area contributed by atoms with E-state index in [1.165, 1.54) is 44.5 Å². The zero-order valence-electron chi connectivity index (χ0n) is 16.0. The Morgan fingerprint density at radius 2 is 1.50 bits per heavy atom. The highest BCUT2D eigenvalue weighted by Gasteiger charge is 2.19. The molecule has 1 aromatic heterocycles. The first-order chi connectivity index (χ1) is 11.4. The first-order valence-corrected chi connectivity index (χ1v) is 8.99. The van der Waals surface area contributed by atoms with Gasteiger partial charge in [-0.1, -0.05) is 6.08 Å². The maximum atomic E-state index is 2.52. The van der Waals surface area contributed by atoms with Gasteiger partial charge in [0.05, 0.1) is 6.67 Å². The molecule has 1 aliphatic heterocycles. The third kappa shape index (κ3) is 3.08. The van der Waals surface area contributed by atoms with Gasteiger partial charge in [-0.05, 0) is 98.5 Å². The van der Waals surface area contributed by atoms with Gasteiger partial charge >= 0.3 is 0 Å². The van der Waals surface area contributed by atoms with Gasteiger partial charge < -0.3 is 4.57 Å². The van der Waals surface area contributed by atoms with Crippen molar-refractivity contribution in [3.8, 4) is 0 Å². The molecule has 0 fully saturated rings. The Kier molecular flexibility index (Phi) is 4.69. The van der Waals surface area contributed by atoms with Gasteiger partial charge in [0.1, 0.15) is 0 Å². The minimum absolute atomic E-state index is 0.988. The number of aromatic nitrogens is 1. The predicted molar refractivity (Wildman–Crippen MR) is 103 cm³/mol. The Bertz CT molecular complexity index is 764. The highest BCUT2D eigenvalue weighted by atomic mass is 15.2. The van der Waals surface area contributed by atoms with E-state index >= 15 is 0 Å². The lowest BCUT2D eigenvalue weighted by atomic mass is 9.84. The lowest BCUT2D eigenvalue weighted by Crippen LogP contribution is -2.30. The summed E-state index contributed by atoms with van der Waals surface area (Å²) in [6.07, 6.45) is 7.99. The van der Waals surface area contributed by atoms with Crippen LogP contribution in [0.25, 0.3) is 5.57 Å². The van der Waals surface area contributed by atoms with E-state index in [0.717, 1.165) is 26.2 Å². The summed E-state index contributed by atoms with van der Waals surface area (Å²) in [5.74, 6) is 0. The average Bonchev–Trinajstić information content (AvgIpc) is 2.98. The summed E-state index contributed by atoms with van der Waals surface area (Å²) < 4.78 is 2.28. The summed E-state index contributed by atoms with van der Waals surface area (Å²) in [5.41, 5.74) is 11.7. The molecule has 2 aromatic rings. The van der Waals surface area contributed by atoms with Crippen LogP contribution in [-0.4, -0.2) is 22.6 Å². The fourth-order valence-corrected chi connectivity index (χ4v) is 3.93. The van der Waals surface area contributed by atoms with Gasteiger partial charge in [0.15, 0.2) is 0 Å². The first kappa shape index (κ1) is 17.0. The van der Waals surface area contributed by atoms with E-state index < -0.39 is 0 Å². The van der Waals surface area contributed by atoms with Gasteiger partial charge in [-0.3, -0.25) is 4.90 Å². The van der Waals surface area contributed by atoms with Crippen LogP contribution in [0.15, 0.2) is 24.5 Å². The molecule has 24 heavy (non-hydrogen) atoms. The lowest BCUT2D eigenvalue weighted by Gasteiger charge is -2.29. The monoisotopic (exact) mass is 322 g/mol. The van der Waals surface area contributed by atoms with Gasteiger partial charge in [0.25, 0.3) is 0 Å². The molecular weight excluding hydrogens is 292 g/mol. The van der Waals surface area contributed by atoms with Crippen molar-refractivity contribution in [3.05, 3.63) is 63.5 Å². The highest BCUT2D eigenvalue weighted by molar-refractivity contribution is 5.74. The number of rotatable bonds is 3. The van der Waals surface area contributed by atoms with Crippen LogP contribution >= 0.6 is 0 Å². The van der Waals surface area contributed by atoms with Crippen molar-refractivity contribution >= 4 is 5.57 Å². The maximum absolute atomic E-state index is 2.52. The van der Waals surface area contributed by atoms with Crippen LogP contribution in [0.2, 0.25) is 0 Å². The topological polar surface area (TPSA) is 8.17 Å². The molecule has 128 valence electrons. The molecule has 3 rings (SSSR count). The molecule has 0 amide bonds. The SMILES string of the molecule is Cc1ccn(CN2CC=C(c3c(C)c(C)c(C)c(C)c3C)CC2)c1. The summed E-state index contributed by atoms with van der Waals surface area (Å²) in [4.78, 5) is 2.52. The molecule has 0 radical (unpaired) electrons. The average molecular weight is 322 g/mol. The normalized spacial score (nSPS) is 15.7. The van der Waals surface area contributed by atoms with Gasteiger partial charge in [-0.25, -0.2) is 0 Å². The molecule has 0 spiro atoms. The third-order valence-electron chi connectivity index (χ3n) is 5.88. The minimum Gasteiger partial charge on any atom is -0.341 e. The van der Waals surface area contributed by atoms with E-state index in [9.17, 15) is 0 Å². The zero-order chi connectivity index (χ0) is 17.4. The van der Waals surface area contributed by atoms with E-state index in [1.54, 1.807) is 0 Å². The van der Waals surface area contributed by atoms with Crippen molar-refractivity contribution < 1.29 is 0 Å². The van der Waals surface area contributed by atoms with Crippen LogP contribution in [-0.2, 0) is 6.67 Å². The molecule has 1 aliphatic rings. The van der Waals surface area contributed by atoms with Crippen molar-refractivity contribution in [1.82, 2.24) is 9.47 Å². The van der Waals surface area contributed by atoms with E-state index in [0.29, 0.717) is 0 Å². The quantitative estimate of drug-likeness (QED) is 0.764. The second kappa shape index (κ2) is 6.60. The van der Waals surface area contributed by atoms with E-state index in [1.807, 2.05) is 0 Å². The van der Waals surface area contributed by atoms with Crippen molar-refractivity contribution in [3.63, 3.8) is 0 Å². The zero-order valence-corrected chi connectivity index (χ0v) is 16.0.